The molecule has 0 bridgehead atoms. The van der Waals surface area contributed by atoms with Gasteiger partial charge in [0.15, 0.2) is 0 Å². The van der Waals surface area contributed by atoms with Crippen molar-refractivity contribution in [2.75, 3.05) is 20.6 Å². The number of nitrogens with zero attached hydrogens (tertiary/aromatic N) is 1. The molecule has 1 aromatic rings. The summed E-state index contributed by atoms with van der Waals surface area (Å²) in [6.45, 7) is 1.06. The van der Waals surface area contributed by atoms with E-state index in [1.165, 1.54) is 44.1 Å². The van der Waals surface area contributed by atoms with Crippen LogP contribution in [0.25, 0.3) is 5.57 Å². The summed E-state index contributed by atoms with van der Waals surface area (Å²) in [6.07, 6.45) is 10.8. The van der Waals surface area contributed by atoms with Gasteiger partial charge in [0, 0.05) is 6.54 Å². The van der Waals surface area contributed by atoms with Crippen LogP contribution in [0, 0.1) is 0 Å². The lowest BCUT2D eigenvalue weighted by molar-refractivity contribution is 0.307. The highest BCUT2D eigenvalue weighted by molar-refractivity contribution is 5.76. The van der Waals surface area contributed by atoms with Crippen LogP contribution in [0.4, 0.5) is 0 Å². The predicted octanol–water partition coefficient (Wildman–Crippen LogP) is 4.24. The molecule has 3 rings (SSSR count). The molecule has 0 N–H and O–H groups in total. The molecule has 1 nitrogen and oxygen atoms in total. The zero-order valence-corrected chi connectivity index (χ0v) is 12.3. The number of benzene rings is 1. The summed E-state index contributed by atoms with van der Waals surface area (Å²) in [5.41, 5.74) is 5.24. The average Bonchev–Trinajstić information content (AvgIpc) is 2.72. The first-order chi connectivity index (χ1) is 9.21. The van der Waals surface area contributed by atoms with Gasteiger partial charge >= 0.3 is 0 Å². The molecular formula is C18H25N. The van der Waals surface area contributed by atoms with E-state index in [0.29, 0.717) is 5.41 Å². The summed E-state index contributed by atoms with van der Waals surface area (Å²) in [4.78, 5) is 2.25. The molecule has 2 aliphatic carbocycles. The van der Waals surface area contributed by atoms with Gasteiger partial charge < -0.3 is 4.90 Å². The van der Waals surface area contributed by atoms with Gasteiger partial charge in [-0.3, -0.25) is 0 Å². The third-order valence-electron chi connectivity index (χ3n) is 4.89. The summed E-state index contributed by atoms with van der Waals surface area (Å²) in [6, 6.07) is 9.14. The fourth-order valence-corrected chi connectivity index (χ4v) is 3.93. The van der Waals surface area contributed by atoms with Gasteiger partial charge in [-0.1, -0.05) is 49.6 Å². The Morgan fingerprint density at radius 2 is 1.84 bits per heavy atom. The Bertz CT molecular complexity index is 478. The second-order valence-corrected chi connectivity index (χ2v) is 6.55. The standard InChI is InChI=1S/C18H25N/c1-19(2)13-10-15-14-18(11-6-3-7-12-18)17-9-5-4-8-16(15)17/h4-5,8-10H,3,6-7,11-14H2,1-2H3. The SMILES string of the molecule is CN(C)CC=C1CC2(CCCCC2)c2ccccc21. The normalized spacial score (nSPS) is 23.2. The average molecular weight is 255 g/mol. The largest absolute Gasteiger partial charge is 0.306 e. The number of likely N-dealkylation sites (N-methyl/N-ethyl adjacent to an activating group) is 1. The summed E-state index contributed by atoms with van der Waals surface area (Å²) in [5.74, 6) is 0. The molecule has 1 heteroatoms. The first-order valence-electron chi connectivity index (χ1n) is 7.65. The molecule has 0 aromatic heterocycles. The zero-order valence-electron chi connectivity index (χ0n) is 12.3. The van der Waals surface area contributed by atoms with Crippen LogP contribution in [0.5, 0.6) is 0 Å². The van der Waals surface area contributed by atoms with E-state index in [2.05, 4.69) is 49.3 Å². The molecule has 19 heavy (non-hydrogen) atoms. The van der Waals surface area contributed by atoms with Crippen molar-refractivity contribution in [2.24, 2.45) is 0 Å². The minimum absolute atomic E-state index is 0.479. The lowest BCUT2D eigenvalue weighted by atomic mass is 9.70. The molecule has 0 amide bonds. The predicted molar refractivity (Wildman–Crippen MR) is 82.4 cm³/mol. The molecule has 2 aliphatic rings. The number of hydrogen-bond acceptors (Lipinski definition) is 1. The monoisotopic (exact) mass is 255 g/mol. The maximum Gasteiger partial charge on any atom is 0.0163 e. The van der Waals surface area contributed by atoms with Crippen molar-refractivity contribution in [3.05, 3.63) is 41.5 Å². The number of rotatable bonds is 2. The highest BCUT2D eigenvalue weighted by atomic mass is 15.0. The smallest absolute Gasteiger partial charge is 0.0163 e. The molecule has 0 unspecified atom stereocenters. The third kappa shape index (κ3) is 2.36. The summed E-state index contributed by atoms with van der Waals surface area (Å²) < 4.78 is 0. The van der Waals surface area contributed by atoms with Crippen LogP contribution in [0.3, 0.4) is 0 Å². The molecule has 1 aromatic carbocycles. The maximum atomic E-state index is 2.45. The van der Waals surface area contributed by atoms with Crippen molar-refractivity contribution in [3.63, 3.8) is 0 Å². The zero-order chi connectivity index (χ0) is 13.3. The Hall–Kier alpha value is -1.08. The van der Waals surface area contributed by atoms with Crippen LogP contribution in [0.1, 0.15) is 49.7 Å². The molecule has 102 valence electrons. The first-order valence-corrected chi connectivity index (χ1v) is 7.65. The van der Waals surface area contributed by atoms with Crippen LogP contribution in [0.2, 0.25) is 0 Å². The first kappa shape index (κ1) is 12.9. The van der Waals surface area contributed by atoms with Gasteiger partial charge in [-0.25, -0.2) is 0 Å². The topological polar surface area (TPSA) is 3.24 Å². The quantitative estimate of drug-likeness (QED) is 0.764. The maximum absolute atomic E-state index is 2.45. The number of fused-ring (bicyclic) bond motifs is 2. The molecule has 0 heterocycles. The van der Waals surface area contributed by atoms with E-state index in [-0.39, 0.29) is 0 Å². The van der Waals surface area contributed by atoms with Crippen molar-refractivity contribution in [2.45, 2.75) is 43.9 Å². The van der Waals surface area contributed by atoms with Crippen molar-refractivity contribution in [3.8, 4) is 0 Å². The molecule has 1 spiro atoms. The molecule has 0 saturated heterocycles. The van der Waals surface area contributed by atoms with Crippen molar-refractivity contribution >= 4 is 5.57 Å². The van der Waals surface area contributed by atoms with E-state index in [1.807, 2.05) is 0 Å². The van der Waals surface area contributed by atoms with Gasteiger partial charge in [0.2, 0.25) is 0 Å². The van der Waals surface area contributed by atoms with E-state index in [0.717, 1.165) is 6.54 Å². The van der Waals surface area contributed by atoms with Gasteiger partial charge in [0.25, 0.3) is 0 Å². The molecule has 1 saturated carbocycles. The fourth-order valence-electron chi connectivity index (χ4n) is 3.93. The number of hydrogen-bond donors (Lipinski definition) is 0. The van der Waals surface area contributed by atoms with Crippen LogP contribution in [-0.2, 0) is 5.41 Å². The lowest BCUT2D eigenvalue weighted by Crippen LogP contribution is -2.25. The van der Waals surface area contributed by atoms with Gasteiger partial charge in [0.1, 0.15) is 0 Å². The van der Waals surface area contributed by atoms with Gasteiger partial charge in [-0.2, -0.15) is 0 Å². The van der Waals surface area contributed by atoms with Gasteiger partial charge in [-0.15, -0.1) is 0 Å². The summed E-state index contributed by atoms with van der Waals surface area (Å²) >= 11 is 0. The van der Waals surface area contributed by atoms with Crippen molar-refractivity contribution in [1.29, 1.82) is 0 Å². The molecule has 0 aliphatic heterocycles. The van der Waals surface area contributed by atoms with E-state index >= 15 is 0 Å². The van der Waals surface area contributed by atoms with Crippen molar-refractivity contribution in [1.82, 2.24) is 4.90 Å². The van der Waals surface area contributed by atoms with Gasteiger partial charge in [0.05, 0.1) is 0 Å². The highest BCUT2D eigenvalue weighted by Crippen LogP contribution is 2.52. The Morgan fingerprint density at radius 3 is 2.58 bits per heavy atom. The lowest BCUT2D eigenvalue weighted by Gasteiger charge is -2.34. The van der Waals surface area contributed by atoms with Crippen LogP contribution in [0.15, 0.2) is 30.3 Å². The Labute approximate surface area is 117 Å². The molecule has 0 atom stereocenters. The minimum Gasteiger partial charge on any atom is -0.306 e. The van der Waals surface area contributed by atoms with Crippen LogP contribution >= 0.6 is 0 Å². The van der Waals surface area contributed by atoms with Crippen molar-refractivity contribution < 1.29 is 0 Å². The second-order valence-electron chi connectivity index (χ2n) is 6.55. The molecule has 1 fully saturated rings. The highest BCUT2D eigenvalue weighted by Gasteiger charge is 2.41. The minimum atomic E-state index is 0.479. The molecule has 0 radical (unpaired) electrons. The van der Waals surface area contributed by atoms with Gasteiger partial charge in [-0.05, 0) is 55.5 Å². The van der Waals surface area contributed by atoms with E-state index < -0.39 is 0 Å². The van der Waals surface area contributed by atoms with E-state index in [9.17, 15) is 0 Å². The van der Waals surface area contributed by atoms with E-state index in [1.54, 1.807) is 11.1 Å². The Kier molecular flexibility index (Phi) is 3.49. The Morgan fingerprint density at radius 1 is 1.11 bits per heavy atom. The summed E-state index contributed by atoms with van der Waals surface area (Å²) in [7, 11) is 4.29. The second kappa shape index (κ2) is 5.13. The fraction of sp³-hybridized carbons (Fsp3) is 0.556. The van der Waals surface area contributed by atoms with E-state index in [4.69, 9.17) is 0 Å². The third-order valence-corrected chi connectivity index (χ3v) is 4.89. The van der Waals surface area contributed by atoms with Crippen LogP contribution in [-0.4, -0.2) is 25.5 Å². The molecular weight excluding hydrogens is 230 g/mol. The Balaban J connectivity index is 1.97. The van der Waals surface area contributed by atoms with Crippen LogP contribution < -0.4 is 0 Å². The number of allylic oxidation sites excluding steroid dienone is 1. The summed E-state index contributed by atoms with van der Waals surface area (Å²) in [5, 5.41) is 0.